The molecule has 5 aromatic rings. The molecule has 0 aliphatic rings. The molecule has 10 heteroatoms. The van der Waals surface area contributed by atoms with E-state index in [1.807, 2.05) is 60.7 Å². The number of halogens is 1. The van der Waals surface area contributed by atoms with Crippen LogP contribution in [0.4, 0.5) is 5.69 Å². The zero-order valence-corrected chi connectivity index (χ0v) is 26.7. The maximum absolute atomic E-state index is 13.9. The zero-order chi connectivity index (χ0) is 31.6. The molecule has 0 spiro atoms. The number of anilines is 1. The number of methoxy groups -OCH3 is 1. The Morgan fingerprint density at radius 1 is 0.844 bits per heavy atom. The second kappa shape index (κ2) is 14.7. The average molecular weight is 685 g/mol. The topological polar surface area (TPSA) is 97.3 Å². The minimum absolute atomic E-state index is 0.0259. The van der Waals surface area contributed by atoms with Crippen LogP contribution in [-0.4, -0.2) is 27.6 Å². The van der Waals surface area contributed by atoms with Crippen molar-refractivity contribution >= 4 is 43.8 Å². The van der Waals surface area contributed by atoms with Gasteiger partial charge < -0.3 is 9.47 Å². The summed E-state index contributed by atoms with van der Waals surface area (Å²) in [6.07, 6.45) is 1.47. The van der Waals surface area contributed by atoms with Crippen molar-refractivity contribution in [2.75, 3.05) is 11.4 Å². The molecule has 0 heterocycles. The molecule has 0 saturated carbocycles. The van der Waals surface area contributed by atoms with Crippen molar-refractivity contribution < 1.29 is 22.7 Å². The Morgan fingerprint density at radius 3 is 2.11 bits per heavy atom. The third-order valence-electron chi connectivity index (χ3n) is 6.78. The molecule has 0 radical (unpaired) electrons. The Labute approximate surface area is 271 Å². The second-order valence-corrected chi connectivity index (χ2v) is 12.6. The summed E-state index contributed by atoms with van der Waals surface area (Å²) in [5, 5.41) is 4.15. The fraction of sp³-hybridized carbons (Fsp3) is 0.0857. The number of hydrogen-bond donors (Lipinski definition) is 1. The number of carbonyl (C=O) groups is 1. The van der Waals surface area contributed by atoms with Crippen molar-refractivity contribution in [3.63, 3.8) is 0 Å². The number of carbonyl (C=O) groups excluding carboxylic acids is 1. The number of para-hydroxylation sites is 1. The zero-order valence-electron chi connectivity index (χ0n) is 24.3. The Bertz CT molecular complexity index is 1890. The van der Waals surface area contributed by atoms with Crippen molar-refractivity contribution in [1.29, 1.82) is 0 Å². The van der Waals surface area contributed by atoms with E-state index in [1.54, 1.807) is 61.7 Å². The van der Waals surface area contributed by atoms with Crippen LogP contribution < -0.4 is 19.2 Å². The number of ether oxygens (including phenoxy) is 2. The lowest BCUT2D eigenvalue weighted by Crippen LogP contribution is -2.33. The van der Waals surface area contributed by atoms with Gasteiger partial charge in [-0.15, -0.1) is 0 Å². The Kier molecular flexibility index (Phi) is 10.3. The molecule has 1 N–H and O–H groups in total. The van der Waals surface area contributed by atoms with Gasteiger partial charge in [0.05, 0.1) is 40.5 Å². The lowest BCUT2D eigenvalue weighted by molar-refractivity contribution is 0.0955. The first-order chi connectivity index (χ1) is 21.9. The fourth-order valence-electron chi connectivity index (χ4n) is 4.56. The number of nitrogens with zero attached hydrogens (tertiary/aromatic N) is 2. The summed E-state index contributed by atoms with van der Waals surface area (Å²) in [6.45, 7) is 0.387. The molecular formula is C35H30BrN3O5S. The molecule has 0 atom stereocenters. The standard InChI is InChI=1S/C35H30BrN3O5S/c1-43-33-22-28(21-31(36)34(33)44-25-27-15-7-3-8-16-27)23-37-38-35(40)30-19-11-12-20-32(30)39(24-26-13-5-2-6-14-26)45(41,42)29-17-9-4-10-18-29/h2-23H,24-25H2,1H3,(H,38,40)/b37-23+. The molecule has 1 amide bonds. The van der Waals surface area contributed by atoms with E-state index in [-0.39, 0.29) is 22.7 Å². The molecule has 228 valence electrons. The quantitative estimate of drug-likeness (QED) is 0.111. The molecule has 0 aliphatic heterocycles. The van der Waals surface area contributed by atoms with Crippen LogP contribution in [0.1, 0.15) is 27.0 Å². The molecule has 0 unspecified atom stereocenters. The summed E-state index contributed by atoms with van der Waals surface area (Å²) in [4.78, 5) is 13.6. The lowest BCUT2D eigenvalue weighted by atomic mass is 10.1. The highest BCUT2D eigenvalue weighted by Crippen LogP contribution is 2.37. The molecule has 5 aromatic carbocycles. The first kappa shape index (κ1) is 31.5. The molecule has 0 saturated heterocycles. The van der Waals surface area contributed by atoms with Gasteiger partial charge in [-0.25, -0.2) is 13.8 Å². The Hall–Kier alpha value is -4.93. The number of nitrogens with one attached hydrogen (secondary N) is 1. The maximum atomic E-state index is 13.9. The van der Waals surface area contributed by atoms with Gasteiger partial charge in [-0.2, -0.15) is 5.10 Å². The largest absolute Gasteiger partial charge is 0.493 e. The van der Waals surface area contributed by atoms with E-state index in [4.69, 9.17) is 9.47 Å². The van der Waals surface area contributed by atoms with E-state index in [2.05, 4.69) is 26.5 Å². The normalized spacial score (nSPS) is 11.2. The average Bonchev–Trinajstić information content (AvgIpc) is 3.07. The van der Waals surface area contributed by atoms with Crippen molar-refractivity contribution in [1.82, 2.24) is 5.43 Å². The molecular weight excluding hydrogens is 654 g/mol. The number of benzene rings is 5. The highest BCUT2D eigenvalue weighted by Gasteiger charge is 2.28. The predicted octanol–water partition coefficient (Wildman–Crippen LogP) is 7.20. The van der Waals surface area contributed by atoms with Gasteiger partial charge in [0.15, 0.2) is 11.5 Å². The molecule has 0 aromatic heterocycles. The first-order valence-corrected chi connectivity index (χ1v) is 16.2. The van der Waals surface area contributed by atoms with Gasteiger partial charge in [-0.3, -0.25) is 9.10 Å². The van der Waals surface area contributed by atoms with E-state index >= 15 is 0 Å². The summed E-state index contributed by atoms with van der Waals surface area (Å²) < 4.78 is 41.2. The minimum atomic E-state index is -4.03. The second-order valence-electron chi connectivity index (χ2n) is 9.83. The molecule has 45 heavy (non-hydrogen) atoms. The fourth-order valence-corrected chi connectivity index (χ4v) is 6.63. The van der Waals surface area contributed by atoms with Crippen LogP contribution in [-0.2, 0) is 23.2 Å². The van der Waals surface area contributed by atoms with Crippen LogP contribution in [0, 0.1) is 0 Å². The molecule has 5 rings (SSSR count). The van der Waals surface area contributed by atoms with Crippen molar-refractivity contribution in [2.45, 2.75) is 18.0 Å². The number of rotatable bonds is 12. The summed E-state index contributed by atoms with van der Waals surface area (Å²) in [7, 11) is -2.48. The van der Waals surface area contributed by atoms with Crippen molar-refractivity contribution in [3.8, 4) is 11.5 Å². The van der Waals surface area contributed by atoms with Gasteiger partial charge >= 0.3 is 0 Å². The molecule has 0 aliphatic carbocycles. The van der Waals surface area contributed by atoms with E-state index in [0.717, 1.165) is 11.1 Å². The van der Waals surface area contributed by atoms with E-state index in [1.165, 1.54) is 22.7 Å². The molecule has 0 fully saturated rings. The monoisotopic (exact) mass is 683 g/mol. The predicted molar refractivity (Wildman–Crippen MR) is 179 cm³/mol. The number of hydrogen-bond acceptors (Lipinski definition) is 6. The third-order valence-corrected chi connectivity index (χ3v) is 9.14. The van der Waals surface area contributed by atoms with Gasteiger partial charge in [0, 0.05) is 0 Å². The number of hydrazone groups is 1. The summed E-state index contributed by atoms with van der Waals surface area (Å²) in [5.41, 5.74) is 5.32. The third kappa shape index (κ3) is 7.78. The maximum Gasteiger partial charge on any atom is 0.273 e. The van der Waals surface area contributed by atoms with Gasteiger partial charge in [0.25, 0.3) is 15.9 Å². The highest BCUT2D eigenvalue weighted by molar-refractivity contribution is 9.10. The van der Waals surface area contributed by atoms with Crippen molar-refractivity contribution in [2.24, 2.45) is 5.10 Å². The molecule has 0 bridgehead atoms. The van der Waals surface area contributed by atoms with Crippen LogP contribution in [0.3, 0.4) is 0 Å². The van der Waals surface area contributed by atoms with Crippen LogP contribution in [0.2, 0.25) is 0 Å². The van der Waals surface area contributed by atoms with Gasteiger partial charge in [0.2, 0.25) is 0 Å². The smallest absolute Gasteiger partial charge is 0.273 e. The van der Waals surface area contributed by atoms with Gasteiger partial charge in [0.1, 0.15) is 6.61 Å². The van der Waals surface area contributed by atoms with Crippen LogP contribution >= 0.6 is 15.9 Å². The van der Waals surface area contributed by atoms with Crippen molar-refractivity contribution in [3.05, 3.63) is 154 Å². The van der Waals surface area contributed by atoms with Gasteiger partial charge in [-0.05, 0) is 69.0 Å². The van der Waals surface area contributed by atoms with E-state index in [0.29, 0.717) is 28.1 Å². The van der Waals surface area contributed by atoms with Gasteiger partial charge in [-0.1, -0.05) is 91.0 Å². The SMILES string of the molecule is COc1cc(/C=N/NC(=O)c2ccccc2N(Cc2ccccc2)S(=O)(=O)c2ccccc2)cc(Br)c1OCc1ccccc1. The highest BCUT2D eigenvalue weighted by atomic mass is 79.9. The summed E-state index contributed by atoms with van der Waals surface area (Å²) in [5.74, 6) is 0.452. The summed E-state index contributed by atoms with van der Waals surface area (Å²) >= 11 is 3.54. The van der Waals surface area contributed by atoms with Crippen LogP contribution in [0.25, 0.3) is 0 Å². The number of amides is 1. The first-order valence-electron chi connectivity index (χ1n) is 13.9. The van der Waals surface area contributed by atoms with E-state index < -0.39 is 15.9 Å². The Morgan fingerprint density at radius 2 is 1.44 bits per heavy atom. The van der Waals surface area contributed by atoms with E-state index in [9.17, 15) is 13.2 Å². The molecule has 8 nitrogen and oxygen atoms in total. The summed E-state index contributed by atoms with van der Waals surface area (Å²) in [6, 6.07) is 37.2. The van der Waals surface area contributed by atoms with Crippen LogP contribution in [0.15, 0.2) is 142 Å². The Balaban J connectivity index is 1.38. The number of sulfonamides is 1. The minimum Gasteiger partial charge on any atom is -0.493 e. The lowest BCUT2D eigenvalue weighted by Gasteiger charge is -2.26. The van der Waals surface area contributed by atoms with Crippen LogP contribution in [0.5, 0.6) is 11.5 Å².